The van der Waals surface area contributed by atoms with Crippen LogP contribution in [0.3, 0.4) is 0 Å². The minimum atomic E-state index is -1.82. The van der Waals surface area contributed by atoms with Gasteiger partial charge in [0.15, 0.2) is 17.5 Å². The van der Waals surface area contributed by atoms with E-state index >= 15 is 0 Å². The summed E-state index contributed by atoms with van der Waals surface area (Å²) in [4.78, 5) is 22.3. The van der Waals surface area contributed by atoms with Crippen LogP contribution in [0.5, 0.6) is 0 Å². The molecule has 4 nitrogen and oxygen atoms in total. The highest BCUT2D eigenvalue weighted by Crippen LogP contribution is 2.23. The van der Waals surface area contributed by atoms with Crippen LogP contribution in [0, 0.1) is 22.9 Å². The maximum absolute atomic E-state index is 13.2. The highest BCUT2D eigenvalue weighted by molar-refractivity contribution is 6.07. The Labute approximate surface area is 100 Å². The average molecular weight is 261 g/mol. The molecule has 0 saturated carbocycles. The van der Waals surface area contributed by atoms with Gasteiger partial charge in [0.1, 0.15) is 5.41 Å². The van der Waals surface area contributed by atoms with Crippen molar-refractivity contribution in [3.05, 3.63) is 29.6 Å². The highest BCUT2D eigenvalue weighted by atomic mass is 19.2. The number of anilines is 1. The fourth-order valence-electron chi connectivity index (χ4n) is 0.998. The summed E-state index contributed by atoms with van der Waals surface area (Å²) >= 11 is 0. The van der Waals surface area contributed by atoms with E-state index in [0.29, 0.717) is 6.07 Å². The van der Waals surface area contributed by atoms with Crippen LogP contribution in [0.15, 0.2) is 12.1 Å². The van der Waals surface area contributed by atoms with Crippen LogP contribution in [-0.2, 0) is 9.59 Å². The Hall–Kier alpha value is -2.05. The first-order valence-corrected chi connectivity index (χ1v) is 4.86. The molecule has 0 aromatic heterocycles. The van der Waals surface area contributed by atoms with Crippen molar-refractivity contribution in [1.29, 1.82) is 0 Å². The van der Waals surface area contributed by atoms with E-state index in [9.17, 15) is 22.8 Å². The van der Waals surface area contributed by atoms with E-state index in [4.69, 9.17) is 5.11 Å². The van der Waals surface area contributed by atoms with E-state index in [1.54, 1.807) is 0 Å². The molecule has 1 aromatic rings. The molecule has 7 heteroatoms. The van der Waals surface area contributed by atoms with Crippen LogP contribution in [0.1, 0.15) is 13.8 Å². The number of hydrogen-bond donors (Lipinski definition) is 2. The van der Waals surface area contributed by atoms with Crippen molar-refractivity contribution in [2.45, 2.75) is 13.8 Å². The SMILES string of the molecule is CC(C)(C(=O)O)C(=O)Nc1ccc(F)c(F)c1F. The number of carbonyl (C=O) groups is 2. The first-order chi connectivity index (χ1) is 8.17. The van der Waals surface area contributed by atoms with Gasteiger partial charge < -0.3 is 10.4 Å². The molecule has 0 atom stereocenters. The number of rotatable bonds is 3. The Kier molecular flexibility index (Phi) is 3.64. The quantitative estimate of drug-likeness (QED) is 0.647. The second kappa shape index (κ2) is 4.67. The molecule has 0 radical (unpaired) electrons. The second-order valence-electron chi connectivity index (χ2n) is 4.11. The van der Waals surface area contributed by atoms with Crippen LogP contribution >= 0.6 is 0 Å². The summed E-state index contributed by atoms with van der Waals surface area (Å²) in [7, 11) is 0. The summed E-state index contributed by atoms with van der Waals surface area (Å²) in [5.74, 6) is -7.18. The number of benzene rings is 1. The summed E-state index contributed by atoms with van der Waals surface area (Å²) in [5, 5.41) is 10.7. The van der Waals surface area contributed by atoms with E-state index in [2.05, 4.69) is 0 Å². The lowest BCUT2D eigenvalue weighted by Gasteiger charge is -2.18. The van der Waals surface area contributed by atoms with Gasteiger partial charge >= 0.3 is 5.97 Å². The van der Waals surface area contributed by atoms with E-state index in [-0.39, 0.29) is 0 Å². The second-order valence-corrected chi connectivity index (χ2v) is 4.11. The lowest BCUT2D eigenvalue weighted by molar-refractivity contribution is -0.151. The zero-order chi connectivity index (χ0) is 14.1. The summed E-state index contributed by atoms with van der Waals surface area (Å²) in [6.07, 6.45) is 0. The Bertz CT molecular complexity index is 515. The molecule has 0 aliphatic carbocycles. The van der Waals surface area contributed by atoms with Crippen LogP contribution in [-0.4, -0.2) is 17.0 Å². The number of hydrogen-bond acceptors (Lipinski definition) is 2. The van der Waals surface area contributed by atoms with Crippen LogP contribution in [0.4, 0.5) is 18.9 Å². The zero-order valence-corrected chi connectivity index (χ0v) is 9.55. The molecule has 0 spiro atoms. The van der Waals surface area contributed by atoms with Gasteiger partial charge in [0.2, 0.25) is 5.91 Å². The van der Waals surface area contributed by atoms with Crippen molar-refractivity contribution >= 4 is 17.6 Å². The molecule has 2 N–H and O–H groups in total. The van der Waals surface area contributed by atoms with Gasteiger partial charge in [0.05, 0.1) is 5.69 Å². The minimum absolute atomic E-state index is 0.617. The number of carboxylic acid groups (broad SMARTS) is 1. The van der Waals surface area contributed by atoms with Gasteiger partial charge in [-0.1, -0.05) is 0 Å². The molecule has 0 aliphatic rings. The summed E-state index contributed by atoms with van der Waals surface area (Å²) in [6.45, 7) is 2.20. The smallest absolute Gasteiger partial charge is 0.318 e. The fraction of sp³-hybridized carbons (Fsp3) is 0.273. The molecule has 1 rings (SSSR count). The third-order valence-corrected chi connectivity index (χ3v) is 2.39. The van der Waals surface area contributed by atoms with Crippen molar-refractivity contribution in [3.63, 3.8) is 0 Å². The number of halogens is 3. The Morgan fingerprint density at radius 3 is 2.22 bits per heavy atom. The van der Waals surface area contributed by atoms with E-state index in [0.717, 1.165) is 19.9 Å². The normalized spacial score (nSPS) is 11.2. The summed E-state index contributed by atoms with van der Waals surface area (Å²) in [5.41, 5.74) is -2.44. The molecule has 0 fully saturated rings. The zero-order valence-electron chi connectivity index (χ0n) is 9.55. The molecule has 1 aromatic carbocycles. The maximum Gasteiger partial charge on any atom is 0.318 e. The molecule has 0 heterocycles. The van der Waals surface area contributed by atoms with Crippen LogP contribution < -0.4 is 5.32 Å². The number of nitrogens with one attached hydrogen (secondary N) is 1. The number of aliphatic carboxylic acids is 1. The van der Waals surface area contributed by atoms with Crippen molar-refractivity contribution in [2.24, 2.45) is 5.41 Å². The van der Waals surface area contributed by atoms with Gasteiger partial charge in [-0.05, 0) is 26.0 Å². The van der Waals surface area contributed by atoms with E-state index in [1.807, 2.05) is 5.32 Å². The minimum Gasteiger partial charge on any atom is -0.480 e. The largest absolute Gasteiger partial charge is 0.480 e. The fourth-order valence-corrected chi connectivity index (χ4v) is 0.998. The molecule has 0 saturated heterocycles. The highest BCUT2D eigenvalue weighted by Gasteiger charge is 2.36. The first-order valence-electron chi connectivity index (χ1n) is 4.86. The van der Waals surface area contributed by atoms with Crippen molar-refractivity contribution in [1.82, 2.24) is 0 Å². The summed E-state index contributed by atoms with van der Waals surface area (Å²) < 4.78 is 38.8. The van der Waals surface area contributed by atoms with Crippen molar-refractivity contribution in [2.75, 3.05) is 5.32 Å². The maximum atomic E-state index is 13.2. The molecule has 18 heavy (non-hydrogen) atoms. The molecular formula is C11H10F3NO3. The first kappa shape index (κ1) is 14.0. The lowest BCUT2D eigenvalue weighted by Crippen LogP contribution is -2.38. The predicted octanol–water partition coefficient (Wildman–Crippen LogP) is 2.15. The molecule has 0 bridgehead atoms. The summed E-state index contributed by atoms with van der Waals surface area (Å²) in [6, 6.07) is 1.44. The van der Waals surface area contributed by atoms with Gasteiger partial charge in [-0.2, -0.15) is 0 Å². The van der Waals surface area contributed by atoms with Crippen LogP contribution in [0.2, 0.25) is 0 Å². The lowest BCUT2D eigenvalue weighted by atomic mass is 9.92. The molecule has 98 valence electrons. The Morgan fingerprint density at radius 2 is 1.72 bits per heavy atom. The molecule has 0 aliphatic heterocycles. The number of amides is 1. The van der Waals surface area contributed by atoms with Gasteiger partial charge in [-0.3, -0.25) is 9.59 Å². The third-order valence-electron chi connectivity index (χ3n) is 2.39. The van der Waals surface area contributed by atoms with E-state index < -0.39 is 40.4 Å². The topological polar surface area (TPSA) is 66.4 Å². The van der Waals surface area contributed by atoms with Crippen molar-refractivity contribution in [3.8, 4) is 0 Å². The third kappa shape index (κ3) is 2.44. The Morgan fingerprint density at radius 1 is 1.17 bits per heavy atom. The monoisotopic (exact) mass is 261 g/mol. The Balaban J connectivity index is 3.03. The van der Waals surface area contributed by atoms with Gasteiger partial charge in [0, 0.05) is 0 Å². The van der Waals surface area contributed by atoms with Crippen LogP contribution in [0.25, 0.3) is 0 Å². The van der Waals surface area contributed by atoms with Gasteiger partial charge in [-0.15, -0.1) is 0 Å². The standard InChI is InChI=1S/C11H10F3NO3/c1-11(2,10(17)18)9(16)15-6-4-3-5(12)7(13)8(6)14/h3-4H,1-2H3,(H,15,16)(H,17,18). The van der Waals surface area contributed by atoms with Gasteiger partial charge in [-0.25, -0.2) is 13.2 Å². The molecular weight excluding hydrogens is 251 g/mol. The van der Waals surface area contributed by atoms with E-state index in [1.165, 1.54) is 0 Å². The van der Waals surface area contributed by atoms with Crippen molar-refractivity contribution < 1.29 is 27.9 Å². The average Bonchev–Trinajstić information content (AvgIpc) is 2.29. The van der Waals surface area contributed by atoms with Gasteiger partial charge in [0.25, 0.3) is 0 Å². The predicted molar refractivity (Wildman–Crippen MR) is 56.4 cm³/mol. The molecule has 1 amide bonds. The number of carbonyl (C=O) groups excluding carboxylic acids is 1. The molecule has 0 unspecified atom stereocenters. The number of carboxylic acids is 1.